The zero-order valence-corrected chi connectivity index (χ0v) is 13.3. The Balaban J connectivity index is 2.09. The maximum atomic E-state index is 14.4. The van der Waals surface area contributed by atoms with Gasteiger partial charge in [0.1, 0.15) is 5.82 Å². The fraction of sp³-hybridized carbons (Fsp3) is 0.353. The van der Waals surface area contributed by atoms with Gasteiger partial charge in [0.2, 0.25) is 0 Å². The molecule has 22 heavy (non-hydrogen) atoms. The molecule has 1 fully saturated rings. The Morgan fingerprint density at radius 3 is 2.23 bits per heavy atom. The van der Waals surface area contributed by atoms with E-state index in [-0.39, 0.29) is 5.82 Å². The van der Waals surface area contributed by atoms with Gasteiger partial charge in [-0.1, -0.05) is 18.2 Å². The molecule has 1 saturated heterocycles. The van der Waals surface area contributed by atoms with Crippen LogP contribution in [-0.4, -0.2) is 23.3 Å². The molecule has 0 saturated carbocycles. The number of halogens is 1. The van der Waals surface area contributed by atoms with Gasteiger partial charge in [-0.05, 0) is 51.4 Å². The predicted octanol–water partition coefficient (Wildman–Crippen LogP) is 3.19. The molecule has 0 aliphatic carbocycles. The van der Waals surface area contributed by atoms with Crippen molar-refractivity contribution in [1.29, 1.82) is 0 Å². The zero-order valence-electron chi connectivity index (χ0n) is 13.3. The fourth-order valence-corrected chi connectivity index (χ4v) is 2.49. The molecule has 0 radical (unpaired) electrons. The van der Waals surface area contributed by atoms with Crippen LogP contribution < -0.4 is 5.46 Å². The molecule has 1 aromatic carbocycles. The summed E-state index contributed by atoms with van der Waals surface area (Å²) in [6.07, 6.45) is 1.65. The molecule has 1 aromatic heterocycles. The highest BCUT2D eigenvalue weighted by atomic mass is 19.1. The van der Waals surface area contributed by atoms with E-state index < -0.39 is 18.3 Å². The standard InChI is InChI=1S/C17H19BFNO2/c1-16(2)17(3,4)22-18(21-16)12-8-7-9-13(19)15(12)14-10-5-6-11-20-14/h5-11H,1-4H3. The van der Waals surface area contributed by atoms with Crippen molar-refractivity contribution >= 4 is 12.6 Å². The number of hydrogen-bond acceptors (Lipinski definition) is 3. The molecule has 3 rings (SSSR count). The summed E-state index contributed by atoms with van der Waals surface area (Å²) in [5.74, 6) is -0.328. The van der Waals surface area contributed by atoms with Crippen LogP contribution in [0.4, 0.5) is 4.39 Å². The van der Waals surface area contributed by atoms with E-state index >= 15 is 0 Å². The summed E-state index contributed by atoms with van der Waals surface area (Å²) in [5.41, 5.74) is 0.737. The van der Waals surface area contributed by atoms with E-state index in [9.17, 15) is 4.39 Å². The van der Waals surface area contributed by atoms with Crippen molar-refractivity contribution in [2.24, 2.45) is 0 Å². The summed E-state index contributed by atoms with van der Waals surface area (Å²) in [5, 5.41) is 0. The van der Waals surface area contributed by atoms with Gasteiger partial charge in [0.25, 0.3) is 0 Å². The highest BCUT2D eigenvalue weighted by Gasteiger charge is 2.52. The van der Waals surface area contributed by atoms with Crippen LogP contribution in [0, 0.1) is 5.82 Å². The van der Waals surface area contributed by atoms with E-state index in [0.29, 0.717) is 16.7 Å². The Kier molecular flexibility index (Phi) is 3.58. The van der Waals surface area contributed by atoms with Gasteiger partial charge in [0, 0.05) is 11.8 Å². The minimum Gasteiger partial charge on any atom is -0.399 e. The monoisotopic (exact) mass is 299 g/mol. The molecule has 0 unspecified atom stereocenters. The number of benzene rings is 1. The Bertz CT molecular complexity index is 672. The van der Waals surface area contributed by atoms with Crippen LogP contribution >= 0.6 is 0 Å². The molecule has 2 heterocycles. The summed E-state index contributed by atoms with van der Waals surface area (Å²) in [4.78, 5) is 4.26. The van der Waals surface area contributed by atoms with Crippen molar-refractivity contribution in [3.05, 3.63) is 48.4 Å². The molecule has 0 bridgehead atoms. The minimum atomic E-state index is -0.613. The predicted molar refractivity (Wildman–Crippen MR) is 85.3 cm³/mol. The van der Waals surface area contributed by atoms with Crippen molar-refractivity contribution in [2.45, 2.75) is 38.9 Å². The molecular weight excluding hydrogens is 280 g/mol. The lowest BCUT2D eigenvalue weighted by atomic mass is 9.75. The maximum absolute atomic E-state index is 14.4. The smallest absolute Gasteiger partial charge is 0.399 e. The lowest BCUT2D eigenvalue weighted by molar-refractivity contribution is 0.00578. The first-order chi connectivity index (χ1) is 10.3. The molecule has 0 atom stereocenters. The molecule has 114 valence electrons. The van der Waals surface area contributed by atoms with E-state index in [1.165, 1.54) is 6.07 Å². The highest BCUT2D eigenvalue weighted by Crippen LogP contribution is 2.37. The van der Waals surface area contributed by atoms with Crippen molar-refractivity contribution in [3.8, 4) is 11.3 Å². The molecule has 0 N–H and O–H groups in total. The average molecular weight is 299 g/mol. The summed E-state index contributed by atoms with van der Waals surface area (Å²) < 4.78 is 26.5. The normalized spacial score (nSPS) is 19.4. The first kappa shape index (κ1) is 15.2. The first-order valence-corrected chi connectivity index (χ1v) is 7.37. The third kappa shape index (κ3) is 2.44. The van der Waals surface area contributed by atoms with Crippen LogP contribution in [0.2, 0.25) is 0 Å². The Morgan fingerprint density at radius 1 is 0.955 bits per heavy atom. The summed E-state index contributed by atoms with van der Waals surface area (Å²) in [6.45, 7) is 7.92. The van der Waals surface area contributed by atoms with E-state index in [4.69, 9.17) is 9.31 Å². The number of aromatic nitrogens is 1. The van der Waals surface area contributed by atoms with Gasteiger partial charge >= 0.3 is 7.12 Å². The quantitative estimate of drug-likeness (QED) is 0.798. The van der Waals surface area contributed by atoms with Crippen LogP contribution in [0.1, 0.15) is 27.7 Å². The second kappa shape index (κ2) is 5.18. The van der Waals surface area contributed by atoms with E-state index in [0.717, 1.165) is 0 Å². The van der Waals surface area contributed by atoms with E-state index in [1.807, 2.05) is 39.8 Å². The van der Waals surface area contributed by atoms with Gasteiger partial charge in [-0.25, -0.2) is 4.39 Å². The van der Waals surface area contributed by atoms with Crippen molar-refractivity contribution in [1.82, 2.24) is 4.98 Å². The van der Waals surface area contributed by atoms with Crippen LogP contribution in [0.3, 0.4) is 0 Å². The third-order valence-electron chi connectivity index (χ3n) is 4.47. The van der Waals surface area contributed by atoms with Crippen molar-refractivity contribution in [3.63, 3.8) is 0 Å². The molecular formula is C17H19BFNO2. The molecule has 1 aliphatic rings. The van der Waals surface area contributed by atoms with Gasteiger partial charge in [0.15, 0.2) is 0 Å². The average Bonchev–Trinajstić information content (AvgIpc) is 2.68. The van der Waals surface area contributed by atoms with Gasteiger partial charge in [-0.2, -0.15) is 0 Å². The molecule has 0 spiro atoms. The van der Waals surface area contributed by atoms with Crippen LogP contribution in [0.15, 0.2) is 42.6 Å². The van der Waals surface area contributed by atoms with E-state index in [1.54, 1.807) is 24.4 Å². The second-order valence-electron chi connectivity index (χ2n) is 6.51. The molecule has 3 nitrogen and oxygen atoms in total. The molecule has 2 aromatic rings. The summed E-state index contributed by atoms with van der Waals surface area (Å²) >= 11 is 0. The molecule has 5 heteroatoms. The SMILES string of the molecule is CC1(C)OB(c2cccc(F)c2-c2ccccn2)OC1(C)C. The number of pyridine rings is 1. The number of rotatable bonds is 2. The van der Waals surface area contributed by atoms with Crippen LogP contribution in [0.25, 0.3) is 11.3 Å². The van der Waals surface area contributed by atoms with Gasteiger partial charge in [0.05, 0.1) is 16.9 Å². The van der Waals surface area contributed by atoms with Gasteiger partial charge in [-0.3, -0.25) is 4.98 Å². The second-order valence-corrected chi connectivity index (χ2v) is 6.51. The van der Waals surface area contributed by atoms with Crippen molar-refractivity contribution < 1.29 is 13.7 Å². The number of nitrogens with zero attached hydrogens (tertiary/aromatic N) is 1. The van der Waals surface area contributed by atoms with Crippen LogP contribution in [0.5, 0.6) is 0 Å². The Hall–Kier alpha value is -1.72. The first-order valence-electron chi connectivity index (χ1n) is 7.37. The Morgan fingerprint density at radius 2 is 1.64 bits per heavy atom. The fourth-order valence-electron chi connectivity index (χ4n) is 2.49. The summed E-state index contributed by atoms with van der Waals surface area (Å²) in [7, 11) is -0.613. The maximum Gasteiger partial charge on any atom is 0.495 e. The molecule has 1 aliphatic heterocycles. The summed E-state index contributed by atoms with van der Waals surface area (Å²) in [6, 6.07) is 10.4. The third-order valence-corrected chi connectivity index (χ3v) is 4.47. The lowest BCUT2D eigenvalue weighted by Gasteiger charge is -2.32. The molecule has 0 amide bonds. The van der Waals surface area contributed by atoms with Crippen LogP contribution in [-0.2, 0) is 9.31 Å². The zero-order chi connectivity index (χ0) is 16.0. The van der Waals surface area contributed by atoms with Crippen molar-refractivity contribution in [2.75, 3.05) is 0 Å². The van der Waals surface area contributed by atoms with E-state index in [2.05, 4.69) is 4.98 Å². The lowest BCUT2D eigenvalue weighted by Crippen LogP contribution is -2.41. The minimum absolute atomic E-state index is 0.328. The highest BCUT2D eigenvalue weighted by molar-refractivity contribution is 6.63. The van der Waals surface area contributed by atoms with Gasteiger partial charge < -0.3 is 9.31 Å². The Labute approximate surface area is 130 Å². The van der Waals surface area contributed by atoms with Gasteiger partial charge in [-0.15, -0.1) is 0 Å². The largest absolute Gasteiger partial charge is 0.495 e. The number of hydrogen-bond donors (Lipinski definition) is 0. The topological polar surface area (TPSA) is 31.4 Å².